The van der Waals surface area contributed by atoms with E-state index in [4.69, 9.17) is 8.83 Å². The summed E-state index contributed by atoms with van der Waals surface area (Å²) < 4.78 is 10.7. The summed E-state index contributed by atoms with van der Waals surface area (Å²) in [6, 6.07) is 15.4. The van der Waals surface area contributed by atoms with E-state index in [1.807, 2.05) is 43.3 Å². The van der Waals surface area contributed by atoms with E-state index < -0.39 is 0 Å². The van der Waals surface area contributed by atoms with E-state index in [0.717, 1.165) is 11.3 Å². The van der Waals surface area contributed by atoms with Crippen LogP contribution in [0.25, 0.3) is 22.8 Å². The van der Waals surface area contributed by atoms with Gasteiger partial charge in [-0.25, -0.2) is 4.98 Å². The molecule has 4 aromatic rings. The van der Waals surface area contributed by atoms with Crippen molar-refractivity contribution in [3.05, 3.63) is 72.4 Å². The van der Waals surface area contributed by atoms with E-state index >= 15 is 0 Å². The molecule has 0 radical (unpaired) electrons. The van der Waals surface area contributed by atoms with E-state index in [1.165, 1.54) is 5.56 Å². The van der Waals surface area contributed by atoms with Gasteiger partial charge in [0.1, 0.15) is 11.5 Å². The molecule has 1 aromatic carbocycles. The molecular weight excluding hydrogens is 316 g/mol. The van der Waals surface area contributed by atoms with Crippen LogP contribution in [0, 0.1) is 6.92 Å². The fourth-order valence-corrected chi connectivity index (χ4v) is 2.45. The molecule has 0 amide bonds. The van der Waals surface area contributed by atoms with Crippen LogP contribution in [-0.4, -0.2) is 15.2 Å². The van der Waals surface area contributed by atoms with Crippen LogP contribution in [-0.2, 0) is 6.54 Å². The maximum atomic E-state index is 5.37. The number of benzene rings is 1. The van der Waals surface area contributed by atoms with Gasteiger partial charge in [0.05, 0.1) is 19.1 Å². The van der Waals surface area contributed by atoms with Gasteiger partial charge in [0, 0.05) is 5.56 Å². The van der Waals surface area contributed by atoms with Crippen LogP contribution in [0.1, 0.15) is 11.3 Å². The third-order valence-corrected chi connectivity index (χ3v) is 3.76. The highest BCUT2D eigenvalue weighted by Crippen LogP contribution is 2.26. The summed E-state index contributed by atoms with van der Waals surface area (Å²) in [4.78, 5) is 4.59. The van der Waals surface area contributed by atoms with Gasteiger partial charge in [-0.2, -0.15) is 0 Å². The SMILES string of the molecule is Cc1ccc(-c2nnc(-c3ccco3)nc2NCc2ccco2)cc1. The van der Waals surface area contributed by atoms with Crippen molar-refractivity contribution in [3.63, 3.8) is 0 Å². The van der Waals surface area contributed by atoms with Crippen molar-refractivity contribution < 1.29 is 8.83 Å². The number of nitrogens with zero attached hydrogens (tertiary/aromatic N) is 3. The number of hydrogen-bond donors (Lipinski definition) is 1. The Hall–Kier alpha value is -3.41. The molecule has 0 saturated carbocycles. The molecule has 0 unspecified atom stereocenters. The standard InChI is InChI=1S/C19H16N4O2/c1-13-6-8-14(9-7-13)17-19(20-12-15-4-2-10-24-15)21-18(23-22-17)16-5-3-11-25-16/h2-11H,12H2,1H3,(H,20,21,23). The van der Waals surface area contributed by atoms with Gasteiger partial charge in [0.25, 0.3) is 0 Å². The average molecular weight is 332 g/mol. The molecule has 124 valence electrons. The first kappa shape index (κ1) is 15.1. The molecule has 6 heteroatoms. The van der Waals surface area contributed by atoms with Crippen LogP contribution in [0.4, 0.5) is 5.82 Å². The molecular formula is C19H16N4O2. The Labute approximate surface area is 144 Å². The molecule has 0 aliphatic rings. The van der Waals surface area contributed by atoms with Gasteiger partial charge >= 0.3 is 0 Å². The Morgan fingerprint density at radius 1 is 0.920 bits per heavy atom. The summed E-state index contributed by atoms with van der Waals surface area (Å²) in [5.74, 6) is 2.45. The van der Waals surface area contributed by atoms with Gasteiger partial charge in [-0.3, -0.25) is 0 Å². The van der Waals surface area contributed by atoms with Crippen molar-refractivity contribution in [1.82, 2.24) is 15.2 Å². The zero-order valence-electron chi connectivity index (χ0n) is 13.6. The van der Waals surface area contributed by atoms with E-state index in [2.05, 4.69) is 20.5 Å². The first-order chi connectivity index (χ1) is 12.3. The zero-order chi connectivity index (χ0) is 17.1. The summed E-state index contributed by atoms with van der Waals surface area (Å²) in [5.41, 5.74) is 2.81. The molecule has 0 fully saturated rings. The number of nitrogens with one attached hydrogen (secondary N) is 1. The van der Waals surface area contributed by atoms with E-state index in [-0.39, 0.29) is 0 Å². The fourth-order valence-electron chi connectivity index (χ4n) is 2.45. The van der Waals surface area contributed by atoms with Crippen LogP contribution in [0.3, 0.4) is 0 Å². The molecule has 0 aliphatic carbocycles. The zero-order valence-corrected chi connectivity index (χ0v) is 13.6. The van der Waals surface area contributed by atoms with Crippen LogP contribution in [0.15, 0.2) is 69.9 Å². The Morgan fingerprint density at radius 3 is 2.44 bits per heavy atom. The lowest BCUT2D eigenvalue weighted by molar-refractivity contribution is 0.517. The minimum atomic E-state index is 0.433. The largest absolute Gasteiger partial charge is 0.467 e. The lowest BCUT2D eigenvalue weighted by Crippen LogP contribution is -2.06. The molecule has 0 saturated heterocycles. The minimum absolute atomic E-state index is 0.433. The van der Waals surface area contributed by atoms with Crippen molar-refractivity contribution in [2.24, 2.45) is 0 Å². The van der Waals surface area contributed by atoms with Crippen molar-refractivity contribution in [3.8, 4) is 22.8 Å². The highest BCUT2D eigenvalue weighted by Gasteiger charge is 2.14. The van der Waals surface area contributed by atoms with Gasteiger partial charge in [-0.05, 0) is 31.2 Å². The first-order valence-corrected chi connectivity index (χ1v) is 7.91. The Kier molecular flexibility index (Phi) is 4.00. The molecule has 0 aliphatic heterocycles. The molecule has 4 rings (SSSR count). The van der Waals surface area contributed by atoms with Crippen LogP contribution >= 0.6 is 0 Å². The molecule has 3 heterocycles. The smallest absolute Gasteiger partial charge is 0.219 e. The number of aromatic nitrogens is 3. The lowest BCUT2D eigenvalue weighted by atomic mass is 10.1. The van der Waals surface area contributed by atoms with Gasteiger partial charge in [0.2, 0.25) is 5.82 Å². The average Bonchev–Trinajstić information content (AvgIpc) is 3.34. The molecule has 0 bridgehead atoms. The molecule has 25 heavy (non-hydrogen) atoms. The number of furan rings is 2. The second kappa shape index (κ2) is 6.60. The predicted molar refractivity (Wildman–Crippen MR) is 93.7 cm³/mol. The van der Waals surface area contributed by atoms with Crippen LogP contribution in [0.5, 0.6) is 0 Å². The Morgan fingerprint density at radius 2 is 1.72 bits per heavy atom. The predicted octanol–water partition coefficient (Wildman–Crippen LogP) is 4.31. The molecule has 1 N–H and O–H groups in total. The van der Waals surface area contributed by atoms with Crippen LogP contribution < -0.4 is 5.32 Å². The second-order valence-corrected chi connectivity index (χ2v) is 5.61. The minimum Gasteiger partial charge on any atom is -0.467 e. The number of hydrogen-bond acceptors (Lipinski definition) is 6. The monoisotopic (exact) mass is 332 g/mol. The quantitative estimate of drug-likeness (QED) is 0.587. The summed E-state index contributed by atoms with van der Waals surface area (Å²) in [6.45, 7) is 2.55. The van der Waals surface area contributed by atoms with Crippen molar-refractivity contribution in [1.29, 1.82) is 0 Å². The molecule has 6 nitrogen and oxygen atoms in total. The maximum absolute atomic E-state index is 5.37. The van der Waals surface area contributed by atoms with Gasteiger partial charge in [0.15, 0.2) is 11.6 Å². The highest BCUT2D eigenvalue weighted by molar-refractivity contribution is 5.72. The van der Waals surface area contributed by atoms with Crippen molar-refractivity contribution in [2.75, 3.05) is 5.32 Å². The number of anilines is 1. The first-order valence-electron chi connectivity index (χ1n) is 7.91. The van der Waals surface area contributed by atoms with Crippen LogP contribution in [0.2, 0.25) is 0 Å². The van der Waals surface area contributed by atoms with Gasteiger partial charge in [-0.15, -0.1) is 10.2 Å². The number of aryl methyl sites for hydroxylation is 1. The highest BCUT2D eigenvalue weighted by atomic mass is 16.3. The summed E-state index contributed by atoms with van der Waals surface area (Å²) in [7, 11) is 0. The molecule has 3 aromatic heterocycles. The second-order valence-electron chi connectivity index (χ2n) is 5.61. The van der Waals surface area contributed by atoms with E-state index in [9.17, 15) is 0 Å². The third-order valence-electron chi connectivity index (χ3n) is 3.76. The Bertz CT molecular complexity index is 946. The van der Waals surface area contributed by atoms with Gasteiger partial charge in [-0.1, -0.05) is 29.8 Å². The molecule has 0 spiro atoms. The summed E-state index contributed by atoms with van der Waals surface area (Å²) in [6.07, 6.45) is 3.23. The van der Waals surface area contributed by atoms with Gasteiger partial charge < -0.3 is 14.2 Å². The lowest BCUT2D eigenvalue weighted by Gasteiger charge is -2.10. The topological polar surface area (TPSA) is 77.0 Å². The van der Waals surface area contributed by atoms with Crippen molar-refractivity contribution >= 4 is 5.82 Å². The maximum Gasteiger partial charge on any atom is 0.219 e. The van der Waals surface area contributed by atoms with E-state index in [1.54, 1.807) is 24.7 Å². The normalized spacial score (nSPS) is 10.8. The fraction of sp³-hybridized carbons (Fsp3) is 0.105. The Balaban J connectivity index is 1.72. The summed E-state index contributed by atoms with van der Waals surface area (Å²) >= 11 is 0. The summed E-state index contributed by atoms with van der Waals surface area (Å²) in [5, 5.41) is 11.9. The molecule has 0 atom stereocenters. The van der Waals surface area contributed by atoms with Crippen molar-refractivity contribution in [2.45, 2.75) is 13.5 Å². The third kappa shape index (κ3) is 3.28. The number of rotatable bonds is 5. The van der Waals surface area contributed by atoms with E-state index in [0.29, 0.717) is 29.6 Å².